The van der Waals surface area contributed by atoms with Crippen LogP contribution in [0.2, 0.25) is 0 Å². The molecule has 5 heteroatoms. The van der Waals surface area contributed by atoms with E-state index in [1.807, 2.05) is 6.92 Å². The van der Waals surface area contributed by atoms with E-state index in [1.165, 1.54) is 0 Å². The van der Waals surface area contributed by atoms with Gasteiger partial charge in [-0.15, -0.1) is 0 Å². The van der Waals surface area contributed by atoms with Crippen molar-refractivity contribution in [2.75, 3.05) is 20.3 Å². The van der Waals surface area contributed by atoms with Gasteiger partial charge in [0.05, 0.1) is 6.10 Å². The van der Waals surface area contributed by atoms with E-state index in [4.69, 9.17) is 4.74 Å². The van der Waals surface area contributed by atoms with Crippen LogP contribution in [-0.4, -0.2) is 31.4 Å². The van der Waals surface area contributed by atoms with Crippen molar-refractivity contribution in [1.29, 1.82) is 0 Å². The summed E-state index contributed by atoms with van der Waals surface area (Å²) >= 11 is 0. The Bertz CT molecular complexity index is 388. The van der Waals surface area contributed by atoms with Crippen LogP contribution in [0.3, 0.4) is 0 Å². The molecule has 0 aliphatic carbocycles. The van der Waals surface area contributed by atoms with Crippen molar-refractivity contribution in [3.05, 3.63) is 35.4 Å². The zero-order chi connectivity index (χ0) is 14.3. The SMILES string of the molecule is CCC(NCCCOC)C(O)c1cc(F)ccc1F. The summed E-state index contributed by atoms with van der Waals surface area (Å²) in [5.74, 6) is -1.14. The third-order valence-electron chi connectivity index (χ3n) is 3.03. The van der Waals surface area contributed by atoms with Crippen LogP contribution in [0.5, 0.6) is 0 Å². The van der Waals surface area contributed by atoms with Gasteiger partial charge in [0.2, 0.25) is 0 Å². The predicted molar refractivity (Wildman–Crippen MR) is 69.9 cm³/mol. The van der Waals surface area contributed by atoms with Crippen molar-refractivity contribution in [1.82, 2.24) is 5.32 Å². The van der Waals surface area contributed by atoms with Crippen LogP contribution in [0.4, 0.5) is 8.78 Å². The van der Waals surface area contributed by atoms with E-state index in [1.54, 1.807) is 7.11 Å². The number of ether oxygens (including phenoxy) is 1. The number of aliphatic hydroxyl groups is 1. The molecule has 0 amide bonds. The van der Waals surface area contributed by atoms with Gasteiger partial charge in [-0.2, -0.15) is 0 Å². The molecule has 0 aliphatic rings. The van der Waals surface area contributed by atoms with Crippen molar-refractivity contribution >= 4 is 0 Å². The Kier molecular flexibility index (Phi) is 6.91. The van der Waals surface area contributed by atoms with Gasteiger partial charge < -0.3 is 15.2 Å². The molecule has 1 aromatic carbocycles. The Balaban J connectivity index is 2.66. The molecule has 3 nitrogen and oxygen atoms in total. The number of hydrogen-bond acceptors (Lipinski definition) is 3. The minimum atomic E-state index is -1.07. The normalized spacial score (nSPS) is 14.4. The lowest BCUT2D eigenvalue weighted by atomic mass is 9.99. The van der Waals surface area contributed by atoms with Crippen LogP contribution in [0.1, 0.15) is 31.4 Å². The molecule has 2 N–H and O–H groups in total. The zero-order valence-electron chi connectivity index (χ0n) is 11.3. The van der Waals surface area contributed by atoms with E-state index < -0.39 is 17.7 Å². The molecule has 0 spiro atoms. The Morgan fingerprint density at radius 3 is 2.74 bits per heavy atom. The molecule has 0 aliphatic heterocycles. The third kappa shape index (κ3) is 4.86. The molecule has 0 saturated heterocycles. The largest absolute Gasteiger partial charge is 0.387 e. The first-order valence-electron chi connectivity index (χ1n) is 6.45. The summed E-state index contributed by atoms with van der Waals surface area (Å²) in [6.45, 7) is 3.16. The smallest absolute Gasteiger partial charge is 0.129 e. The summed E-state index contributed by atoms with van der Waals surface area (Å²) < 4.78 is 31.6. The number of halogens is 2. The van der Waals surface area contributed by atoms with Gasteiger partial charge in [0.15, 0.2) is 0 Å². The number of methoxy groups -OCH3 is 1. The van der Waals surface area contributed by atoms with E-state index in [-0.39, 0.29) is 11.6 Å². The molecule has 2 atom stereocenters. The van der Waals surface area contributed by atoms with Crippen LogP contribution < -0.4 is 5.32 Å². The summed E-state index contributed by atoms with van der Waals surface area (Å²) in [4.78, 5) is 0. The first-order valence-corrected chi connectivity index (χ1v) is 6.45. The maximum absolute atomic E-state index is 13.6. The lowest BCUT2D eigenvalue weighted by Crippen LogP contribution is -2.35. The summed E-state index contributed by atoms with van der Waals surface area (Å²) in [6, 6.07) is 2.80. The van der Waals surface area contributed by atoms with Gasteiger partial charge in [-0.3, -0.25) is 0 Å². The molecule has 0 saturated carbocycles. The maximum Gasteiger partial charge on any atom is 0.129 e. The van der Waals surface area contributed by atoms with Crippen LogP contribution in [0.25, 0.3) is 0 Å². The van der Waals surface area contributed by atoms with E-state index in [2.05, 4.69) is 5.32 Å². The Labute approximate surface area is 112 Å². The van der Waals surface area contributed by atoms with E-state index >= 15 is 0 Å². The predicted octanol–water partition coefficient (Wildman–Crippen LogP) is 2.40. The standard InChI is InChI=1S/C14H21F2NO2/c1-3-13(17-7-4-8-19-2)14(18)11-9-10(15)5-6-12(11)16/h5-6,9,13-14,17-18H,3-4,7-8H2,1-2H3. The van der Waals surface area contributed by atoms with Crippen LogP contribution in [-0.2, 0) is 4.74 Å². The van der Waals surface area contributed by atoms with Crippen molar-refractivity contribution in [2.45, 2.75) is 31.9 Å². The molecule has 0 radical (unpaired) electrons. The van der Waals surface area contributed by atoms with E-state index in [9.17, 15) is 13.9 Å². The topological polar surface area (TPSA) is 41.5 Å². The van der Waals surface area contributed by atoms with Gasteiger partial charge in [0.1, 0.15) is 11.6 Å². The monoisotopic (exact) mass is 273 g/mol. The number of nitrogens with one attached hydrogen (secondary N) is 1. The van der Waals surface area contributed by atoms with E-state index in [0.717, 1.165) is 24.6 Å². The first-order chi connectivity index (χ1) is 9.10. The fourth-order valence-corrected chi connectivity index (χ4v) is 1.94. The lowest BCUT2D eigenvalue weighted by molar-refractivity contribution is 0.119. The zero-order valence-corrected chi connectivity index (χ0v) is 11.3. The molecule has 0 bridgehead atoms. The van der Waals surface area contributed by atoms with Crippen LogP contribution >= 0.6 is 0 Å². The van der Waals surface area contributed by atoms with Gasteiger partial charge in [0, 0.05) is 25.3 Å². The highest BCUT2D eigenvalue weighted by atomic mass is 19.1. The number of rotatable bonds is 8. The maximum atomic E-state index is 13.6. The van der Waals surface area contributed by atoms with Gasteiger partial charge in [-0.05, 0) is 37.6 Å². The highest BCUT2D eigenvalue weighted by Crippen LogP contribution is 2.22. The molecule has 1 rings (SSSR count). The average Bonchev–Trinajstić information content (AvgIpc) is 2.41. The molecule has 0 fully saturated rings. The minimum Gasteiger partial charge on any atom is -0.387 e. The highest BCUT2D eigenvalue weighted by molar-refractivity contribution is 5.22. The molecular weight excluding hydrogens is 252 g/mol. The van der Waals surface area contributed by atoms with Crippen molar-refractivity contribution < 1.29 is 18.6 Å². The molecule has 108 valence electrons. The fourth-order valence-electron chi connectivity index (χ4n) is 1.94. The number of hydrogen-bond donors (Lipinski definition) is 2. The van der Waals surface area contributed by atoms with Gasteiger partial charge in [-0.25, -0.2) is 8.78 Å². The van der Waals surface area contributed by atoms with Gasteiger partial charge in [0.25, 0.3) is 0 Å². The minimum absolute atomic E-state index is 0.00825. The van der Waals surface area contributed by atoms with Crippen LogP contribution in [0.15, 0.2) is 18.2 Å². The van der Waals surface area contributed by atoms with Crippen molar-refractivity contribution in [3.8, 4) is 0 Å². The second-order valence-electron chi connectivity index (χ2n) is 4.43. The Morgan fingerprint density at radius 1 is 1.37 bits per heavy atom. The lowest BCUT2D eigenvalue weighted by Gasteiger charge is -2.23. The van der Waals surface area contributed by atoms with Crippen molar-refractivity contribution in [2.24, 2.45) is 0 Å². The molecule has 0 heterocycles. The van der Waals surface area contributed by atoms with Gasteiger partial charge in [-0.1, -0.05) is 6.92 Å². The fraction of sp³-hybridized carbons (Fsp3) is 0.571. The Morgan fingerprint density at radius 2 is 2.11 bits per heavy atom. The summed E-state index contributed by atoms with van der Waals surface area (Å²) in [5.41, 5.74) is -0.00825. The highest BCUT2D eigenvalue weighted by Gasteiger charge is 2.22. The quantitative estimate of drug-likeness (QED) is 0.715. The molecular formula is C14H21F2NO2. The van der Waals surface area contributed by atoms with Crippen molar-refractivity contribution in [3.63, 3.8) is 0 Å². The second-order valence-corrected chi connectivity index (χ2v) is 4.43. The summed E-state index contributed by atoms with van der Waals surface area (Å²) in [5, 5.41) is 13.3. The average molecular weight is 273 g/mol. The summed E-state index contributed by atoms with van der Waals surface area (Å²) in [6.07, 6.45) is 0.346. The third-order valence-corrected chi connectivity index (χ3v) is 3.03. The first kappa shape index (κ1) is 16.0. The van der Waals surface area contributed by atoms with Gasteiger partial charge >= 0.3 is 0 Å². The number of benzene rings is 1. The summed E-state index contributed by atoms with van der Waals surface area (Å²) in [7, 11) is 1.62. The number of aliphatic hydroxyl groups excluding tert-OH is 1. The second kappa shape index (κ2) is 8.19. The van der Waals surface area contributed by atoms with E-state index in [0.29, 0.717) is 19.6 Å². The Hall–Kier alpha value is -1.04. The molecule has 19 heavy (non-hydrogen) atoms. The molecule has 0 aromatic heterocycles. The van der Waals surface area contributed by atoms with Crippen LogP contribution in [0, 0.1) is 11.6 Å². The molecule has 1 aromatic rings. The molecule has 2 unspecified atom stereocenters.